The fourth-order valence-electron chi connectivity index (χ4n) is 1.65. The lowest BCUT2D eigenvalue weighted by Crippen LogP contribution is -2.15. The molecule has 1 unspecified atom stereocenters. The zero-order valence-electron chi connectivity index (χ0n) is 10.2. The molecule has 0 saturated carbocycles. The Labute approximate surface area is 113 Å². The number of rotatable bonds is 5. The van der Waals surface area contributed by atoms with Gasteiger partial charge in [0.25, 0.3) is 0 Å². The summed E-state index contributed by atoms with van der Waals surface area (Å²) in [5.74, 6) is -1.41. The van der Waals surface area contributed by atoms with Gasteiger partial charge in [-0.15, -0.1) is 0 Å². The molecular formula is C12H15BrFNO3. The lowest BCUT2D eigenvalue weighted by Gasteiger charge is -2.16. The fourth-order valence-corrected chi connectivity index (χ4v) is 2.10. The molecule has 0 aliphatic rings. The summed E-state index contributed by atoms with van der Waals surface area (Å²) >= 11 is 3.24. The van der Waals surface area contributed by atoms with E-state index >= 15 is 0 Å². The van der Waals surface area contributed by atoms with Gasteiger partial charge in [-0.05, 0) is 34.8 Å². The van der Waals surface area contributed by atoms with Gasteiger partial charge in [-0.1, -0.05) is 6.07 Å². The van der Waals surface area contributed by atoms with Crippen molar-refractivity contribution in [2.45, 2.75) is 25.8 Å². The van der Waals surface area contributed by atoms with Crippen molar-refractivity contribution in [3.8, 4) is 5.75 Å². The van der Waals surface area contributed by atoms with E-state index in [-0.39, 0.29) is 24.2 Å². The van der Waals surface area contributed by atoms with E-state index in [1.807, 2.05) is 0 Å². The molecule has 1 aromatic carbocycles. The second-order valence-electron chi connectivity index (χ2n) is 3.98. The second kappa shape index (κ2) is 6.15. The summed E-state index contributed by atoms with van der Waals surface area (Å²) in [6, 6.07) is 0.941. The molecule has 1 rings (SSSR count). The van der Waals surface area contributed by atoms with Crippen LogP contribution in [0.15, 0.2) is 10.5 Å². The molecule has 0 bridgehead atoms. The van der Waals surface area contributed by atoms with Crippen LogP contribution >= 0.6 is 15.9 Å². The Balaban J connectivity index is 3.09. The lowest BCUT2D eigenvalue weighted by atomic mass is 10.00. The number of ether oxygens (including phenoxy) is 1. The Morgan fingerprint density at radius 3 is 2.78 bits per heavy atom. The maximum absolute atomic E-state index is 14.1. The third-order valence-electron chi connectivity index (χ3n) is 2.64. The van der Waals surface area contributed by atoms with Crippen molar-refractivity contribution in [2.75, 3.05) is 7.11 Å². The molecule has 0 heterocycles. The summed E-state index contributed by atoms with van der Waals surface area (Å²) in [4.78, 5) is 10.5. The van der Waals surface area contributed by atoms with Gasteiger partial charge in [0.1, 0.15) is 0 Å². The highest BCUT2D eigenvalue weighted by Crippen LogP contribution is 2.35. The maximum Gasteiger partial charge on any atom is 0.303 e. The summed E-state index contributed by atoms with van der Waals surface area (Å²) in [5, 5.41) is 8.60. The molecule has 0 aliphatic carbocycles. The summed E-state index contributed by atoms with van der Waals surface area (Å²) in [7, 11) is 1.37. The molecule has 1 aromatic rings. The molecular weight excluding hydrogens is 305 g/mol. The number of carboxylic acid groups (broad SMARTS) is 1. The van der Waals surface area contributed by atoms with Crippen molar-refractivity contribution >= 4 is 21.9 Å². The summed E-state index contributed by atoms with van der Waals surface area (Å²) in [6.07, 6.45) is 0.0779. The third-order valence-corrected chi connectivity index (χ3v) is 3.63. The summed E-state index contributed by atoms with van der Waals surface area (Å²) in [6.45, 7) is 1.79. The van der Waals surface area contributed by atoms with E-state index in [4.69, 9.17) is 15.6 Å². The third kappa shape index (κ3) is 3.20. The highest BCUT2D eigenvalue weighted by molar-refractivity contribution is 9.10. The average Bonchev–Trinajstić information content (AvgIpc) is 2.31. The van der Waals surface area contributed by atoms with Crippen molar-refractivity contribution in [1.82, 2.24) is 0 Å². The first-order valence-corrected chi connectivity index (χ1v) is 6.17. The van der Waals surface area contributed by atoms with Crippen LogP contribution in [0.2, 0.25) is 0 Å². The maximum atomic E-state index is 14.1. The van der Waals surface area contributed by atoms with Crippen molar-refractivity contribution in [2.24, 2.45) is 5.73 Å². The number of nitrogens with two attached hydrogens (primary N) is 1. The quantitative estimate of drug-likeness (QED) is 0.875. The highest BCUT2D eigenvalue weighted by atomic mass is 79.9. The van der Waals surface area contributed by atoms with Gasteiger partial charge in [-0.2, -0.15) is 0 Å². The standard InChI is InChI=1S/C12H15BrFNO3/c1-6-5-7(8(15)3-4-9(16)17)11(14)12(18-2)10(6)13/h5,8H,3-4,15H2,1-2H3,(H,16,17). The van der Waals surface area contributed by atoms with Crippen LogP contribution in [0.1, 0.15) is 30.0 Å². The van der Waals surface area contributed by atoms with Crippen LogP contribution in [0.4, 0.5) is 4.39 Å². The van der Waals surface area contributed by atoms with E-state index in [1.165, 1.54) is 7.11 Å². The topological polar surface area (TPSA) is 72.5 Å². The van der Waals surface area contributed by atoms with Gasteiger partial charge >= 0.3 is 5.97 Å². The van der Waals surface area contributed by atoms with Crippen LogP contribution < -0.4 is 10.5 Å². The predicted octanol–water partition coefficient (Wildman–Crippen LogP) is 2.77. The van der Waals surface area contributed by atoms with Crippen molar-refractivity contribution in [3.63, 3.8) is 0 Å². The molecule has 0 spiro atoms. The summed E-state index contributed by atoms with van der Waals surface area (Å²) in [5.41, 5.74) is 6.87. The molecule has 3 N–H and O–H groups in total. The Morgan fingerprint density at radius 1 is 1.67 bits per heavy atom. The van der Waals surface area contributed by atoms with Crippen molar-refractivity contribution < 1.29 is 19.0 Å². The number of hydrogen-bond donors (Lipinski definition) is 2. The minimum absolute atomic E-state index is 0.0933. The van der Waals surface area contributed by atoms with Crippen molar-refractivity contribution in [3.05, 3.63) is 27.5 Å². The minimum Gasteiger partial charge on any atom is -0.492 e. The smallest absolute Gasteiger partial charge is 0.303 e. The van der Waals surface area contributed by atoms with E-state index in [2.05, 4.69) is 15.9 Å². The van der Waals surface area contributed by atoms with Crippen LogP contribution in [0.3, 0.4) is 0 Å². The Kier molecular flexibility index (Phi) is 5.10. The SMILES string of the molecule is COc1c(F)c(C(N)CCC(=O)O)cc(C)c1Br. The zero-order valence-corrected chi connectivity index (χ0v) is 11.8. The van der Waals surface area contributed by atoms with Gasteiger partial charge in [0.2, 0.25) is 0 Å². The van der Waals surface area contributed by atoms with Crippen LogP contribution in [0.5, 0.6) is 5.75 Å². The monoisotopic (exact) mass is 319 g/mol. The molecule has 0 radical (unpaired) electrons. The molecule has 0 amide bonds. The number of methoxy groups -OCH3 is 1. The van der Waals surface area contributed by atoms with Gasteiger partial charge in [-0.3, -0.25) is 4.79 Å². The molecule has 18 heavy (non-hydrogen) atoms. The molecule has 0 fully saturated rings. The van der Waals surface area contributed by atoms with E-state index in [1.54, 1.807) is 13.0 Å². The van der Waals surface area contributed by atoms with Gasteiger partial charge in [0.15, 0.2) is 11.6 Å². The second-order valence-corrected chi connectivity index (χ2v) is 4.78. The molecule has 1 atom stereocenters. The Hall–Kier alpha value is -1.14. The van der Waals surface area contributed by atoms with Crippen molar-refractivity contribution in [1.29, 1.82) is 0 Å². The fraction of sp³-hybridized carbons (Fsp3) is 0.417. The van der Waals surface area contributed by atoms with Gasteiger partial charge in [-0.25, -0.2) is 4.39 Å². The van der Waals surface area contributed by atoms with Crippen LogP contribution in [-0.2, 0) is 4.79 Å². The minimum atomic E-state index is -0.952. The van der Waals surface area contributed by atoms with Crippen LogP contribution in [0.25, 0.3) is 0 Å². The van der Waals surface area contributed by atoms with Crippen LogP contribution in [-0.4, -0.2) is 18.2 Å². The first-order valence-electron chi connectivity index (χ1n) is 5.38. The van der Waals surface area contributed by atoms with E-state index < -0.39 is 17.8 Å². The molecule has 0 aliphatic heterocycles. The Bertz CT molecular complexity index is 465. The first-order chi connectivity index (χ1) is 8.38. The lowest BCUT2D eigenvalue weighted by molar-refractivity contribution is -0.137. The first kappa shape index (κ1) is 14.9. The van der Waals surface area contributed by atoms with Gasteiger partial charge in [0, 0.05) is 18.0 Å². The van der Waals surface area contributed by atoms with E-state index in [9.17, 15) is 9.18 Å². The zero-order chi connectivity index (χ0) is 13.9. The molecule has 0 aromatic heterocycles. The average molecular weight is 320 g/mol. The number of halogens is 2. The molecule has 6 heteroatoms. The Morgan fingerprint density at radius 2 is 2.28 bits per heavy atom. The largest absolute Gasteiger partial charge is 0.492 e. The molecule has 100 valence electrons. The van der Waals surface area contributed by atoms with Crippen LogP contribution in [0, 0.1) is 12.7 Å². The highest BCUT2D eigenvalue weighted by Gasteiger charge is 2.20. The molecule has 4 nitrogen and oxygen atoms in total. The predicted molar refractivity (Wildman–Crippen MR) is 69.2 cm³/mol. The van der Waals surface area contributed by atoms with Gasteiger partial charge < -0.3 is 15.6 Å². The molecule has 0 saturated heterocycles. The summed E-state index contributed by atoms with van der Waals surface area (Å²) < 4.78 is 19.6. The van der Waals surface area contributed by atoms with Gasteiger partial charge in [0.05, 0.1) is 11.6 Å². The van der Waals surface area contributed by atoms with E-state index in [0.29, 0.717) is 4.47 Å². The number of carboxylic acids is 1. The normalized spacial score (nSPS) is 12.3. The number of aryl methyl sites for hydroxylation is 1. The number of hydrogen-bond acceptors (Lipinski definition) is 3. The number of aliphatic carboxylic acids is 1. The van der Waals surface area contributed by atoms with E-state index in [0.717, 1.165) is 5.56 Å². The number of carbonyl (C=O) groups is 1. The number of benzene rings is 1.